The van der Waals surface area contributed by atoms with Crippen molar-refractivity contribution < 1.29 is 9.53 Å². The van der Waals surface area contributed by atoms with Crippen LogP contribution in [0.3, 0.4) is 0 Å². The van der Waals surface area contributed by atoms with E-state index >= 15 is 0 Å². The van der Waals surface area contributed by atoms with Crippen molar-refractivity contribution in [2.24, 2.45) is 5.92 Å². The molecule has 1 aromatic carbocycles. The molecule has 0 aromatic heterocycles. The third-order valence-electron chi connectivity index (χ3n) is 6.78. The highest BCUT2D eigenvalue weighted by atomic mass is 35.5. The average molecular weight is 421 g/mol. The smallest absolute Gasteiger partial charge is 0.255 e. The van der Waals surface area contributed by atoms with E-state index < -0.39 is 0 Å². The molecule has 0 aliphatic carbocycles. The maximum absolute atomic E-state index is 13.2. The first kappa shape index (κ1) is 20.8. The van der Waals surface area contributed by atoms with E-state index in [4.69, 9.17) is 16.3 Å². The number of anilines is 1. The maximum atomic E-state index is 13.2. The molecular weight excluding hydrogens is 388 g/mol. The highest BCUT2D eigenvalue weighted by Gasteiger charge is 2.36. The molecule has 1 atom stereocenters. The van der Waals surface area contributed by atoms with Crippen molar-refractivity contribution in [1.82, 2.24) is 15.1 Å². The lowest BCUT2D eigenvalue weighted by Crippen LogP contribution is -2.57. The molecular formula is C22H33ClN4O2. The van der Waals surface area contributed by atoms with Gasteiger partial charge in [-0.05, 0) is 57.1 Å². The first-order valence-electron chi connectivity index (χ1n) is 11.1. The van der Waals surface area contributed by atoms with Gasteiger partial charge in [0.25, 0.3) is 5.91 Å². The number of fused-ring (bicyclic) bond motifs is 4. The Bertz CT molecular complexity index is 732. The van der Waals surface area contributed by atoms with E-state index in [0.717, 1.165) is 58.0 Å². The molecule has 2 bridgehead atoms. The van der Waals surface area contributed by atoms with Gasteiger partial charge in [-0.3, -0.25) is 4.79 Å². The highest BCUT2D eigenvalue weighted by Crippen LogP contribution is 2.38. The summed E-state index contributed by atoms with van der Waals surface area (Å²) in [5, 5.41) is 3.87. The third-order valence-corrected chi connectivity index (χ3v) is 7.00. The Labute approximate surface area is 179 Å². The van der Waals surface area contributed by atoms with E-state index in [9.17, 15) is 4.79 Å². The molecule has 1 unspecified atom stereocenters. The van der Waals surface area contributed by atoms with E-state index in [-0.39, 0.29) is 11.9 Å². The number of likely N-dealkylation sites (N-methyl/N-ethyl adjacent to an activating group) is 1. The van der Waals surface area contributed by atoms with Crippen LogP contribution in [0.25, 0.3) is 0 Å². The highest BCUT2D eigenvalue weighted by molar-refractivity contribution is 6.31. The number of benzene rings is 1. The van der Waals surface area contributed by atoms with Crippen LogP contribution in [0.5, 0.6) is 5.75 Å². The fraction of sp³-hybridized carbons (Fsp3) is 0.682. The fourth-order valence-electron chi connectivity index (χ4n) is 4.92. The summed E-state index contributed by atoms with van der Waals surface area (Å²) in [6.45, 7) is 13.0. The number of halogens is 1. The second-order valence-corrected chi connectivity index (χ2v) is 8.82. The summed E-state index contributed by atoms with van der Waals surface area (Å²) < 4.78 is 5.99. The SMILES string of the molecule is CCN(CC)CCN1CCOc2c(C(=O)NC3CN4CCC3CC4)cc(Cl)cc21. The topological polar surface area (TPSA) is 48.1 Å². The van der Waals surface area contributed by atoms with Crippen LogP contribution in [0.1, 0.15) is 37.0 Å². The van der Waals surface area contributed by atoms with Crippen molar-refractivity contribution in [1.29, 1.82) is 0 Å². The summed E-state index contributed by atoms with van der Waals surface area (Å²) >= 11 is 6.43. The summed E-state index contributed by atoms with van der Waals surface area (Å²) in [4.78, 5) is 20.3. The Morgan fingerprint density at radius 3 is 2.66 bits per heavy atom. The number of hydrogen-bond acceptors (Lipinski definition) is 5. The minimum atomic E-state index is -0.0620. The van der Waals surface area contributed by atoms with Crippen molar-refractivity contribution in [3.8, 4) is 5.75 Å². The van der Waals surface area contributed by atoms with E-state index in [1.807, 2.05) is 6.07 Å². The van der Waals surface area contributed by atoms with Crippen molar-refractivity contribution in [2.45, 2.75) is 32.7 Å². The minimum absolute atomic E-state index is 0.0620. The Hall–Kier alpha value is -1.50. The number of ether oxygens (including phenoxy) is 1. The molecule has 4 aliphatic rings. The second-order valence-electron chi connectivity index (χ2n) is 8.38. The Morgan fingerprint density at radius 1 is 1.24 bits per heavy atom. The molecule has 0 spiro atoms. The summed E-state index contributed by atoms with van der Waals surface area (Å²) in [5.41, 5.74) is 1.51. The largest absolute Gasteiger partial charge is 0.489 e. The lowest BCUT2D eigenvalue weighted by molar-refractivity contribution is 0.0618. The standard InChI is InChI=1S/C22H33ClN4O2/c1-3-25(4-2)9-10-27-11-12-29-21-18(13-17(23)14-20(21)27)22(28)24-19-15-26-7-5-16(19)6-8-26/h13-14,16,19H,3-12,15H2,1-2H3,(H,24,28). The van der Waals surface area contributed by atoms with Crippen molar-refractivity contribution in [3.63, 3.8) is 0 Å². The fourth-order valence-corrected chi connectivity index (χ4v) is 5.13. The molecule has 4 heterocycles. The van der Waals surface area contributed by atoms with E-state index in [1.165, 1.54) is 12.8 Å². The lowest BCUT2D eigenvalue weighted by atomic mass is 9.84. The van der Waals surface area contributed by atoms with E-state index in [2.05, 4.69) is 33.9 Å². The number of rotatable bonds is 7. The van der Waals surface area contributed by atoms with Crippen molar-refractivity contribution >= 4 is 23.2 Å². The number of amides is 1. The summed E-state index contributed by atoms with van der Waals surface area (Å²) in [5.74, 6) is 1.21. The van der Waals surface area contributed by atoms with Gasteiger partial charge in [-0.1, -0.05) is 25.4 Å². The minimum Gasteiger partial charge on any atom is -0.489 e. The van der Waals surface area contributed by atoms with Gasteiger partial charge in [0.05, 0.1) is 17.8 Å². The van der Waals surface area contributed by atoms with Crippen LogP contribution in [-0.4, -0.2) is 80.7 Å². The number of nitrogens with one attached hydrogen (secondary N) is 1. The molecule has 5 rings (SSSR count). The first-order chi connectivity index (χ1) is 14.1. The van der Waals surface area contributed by atoms with Crippen LogP contribution in [0.15, 0.2) is 12.1 Å². The molecule has 29 heavy (non-hydrogen) atoms. The zero-order valence-corrected chi connectivity index (χ0v) is 18.4. The molecule has 3 saturated heterocycles. The molecule has 0 saturated carbocycles. The predicted octanol–water partition coefficient (Wildman–Crippen LogP) is 2.70. The van der Waals surface area contributed by atoms with Crippen LogP contribution in [0.2, 0.25) is 5.02 Å². The molecule has 1 aromatic rings. The van der Waals surface area contributed by atoms with Gasteiger partial charge < -0.3 is 24.8 Å². The molecule has 6 nitrogen and oxygen atoms in total. The predicted molar refractivity (Wildman–Crippen MR) is 117 cm³/mol. The van der Waals surface area contributed by atoms with Gasteiger partial charge in [0.15, 0.2) is 5.75 Å². The summed E-state index contributed by atoms with van der Waals surface area (Å²) in [7, 11) is 0. The molecule has 1 amide bonds. The van der Waals surface area contributed by atoms with E-state index in [0.29, 0.717) is 28.9 Å². The normalized spacial score (nSPS) is 25.7. The molecule has 0 radical (unpaired) electrons. The Balaban J connectivity index is 1.51. The zero-order valence-electron chi connectivity index (χ0n) is 17.6. The average Bonchev–Trinajstić information content (AvgIpc) is 2.75. The zero-order chi connectivity index (χ0) is 20.4. The summed E-state index contributed by atoms with van der Waals surface area (Å²) in [6.07, 6.45) is 2.35. The van der Waals surface area contributed by atoms with Gasteiger partial charge in [0.1, 0.15) is 6.61 Å². The van der Waals surface area contributed by atoms with Crippen LogP contribution < -0.4 is 15.0 Å². The van der Waals surface area contributed by atoms with Crippen LogP contribution in [0.4, 0.5) is 5.69 Å². The maximum Gasteiger partial charge on any atom is 0.255 e. The lowest BCUT2D eigenvalue weighted by Gasteiger charge is -2.45. The quantitative estimate of drug-likeness (QED) is 0.734. The van der Waals surface area contributed by atoms with Crippen LogP contribution in [0, 0.1) is 5.92 Å². The molecule has 3 fully saturated rings. The van der Waals surface area contributed by atoms with Crippen molar-refractivity contribution in [2.75, 3.05) is 63.9 Å². The summed E-state index contributed by atoms with van der Waals surface area (Å²) in [6, 6.07) is 3.91. The van der Waals surface area contributed by atoms with Gasteiger partial charge >= 0.3 is 0 Å². The third kappa shape index (κ3) is 4.49. The number of carbonyl (C=O) groups is 1. The van der Waals surface area contributed by atoms with E-state index in [1.54, 1.807) is 6.07 Å². The van der Waals surface area contributed by atoms with Gasteiger partial charge in [-0.25, -0.2) is 0 Å². The number of hydrogen-bond donors (Lipinski definition) is 1. The monoisotopic (exact) mass is 420 g/mol. The molecule has 160 valence electrons. The number of piperidine rings is 3. The van der Waals surface area contributed by atoms with Gasteiger partial charge in [-0.15, -0.1) is 0 Å². The van der Waals surface area contributed by atoms with Gasteiger partial charge in [0.2, 0.25) is 0 Å². The Morgan fingerprint density at radius 2 is 2.00 bits per heavy atom. The first-order valence-corrected chi connectivity index (χ1v) is 11.4. The van der Waals surface area contributed by atoms with Gasteiger partial charge in [-0.2, -0.15) is 0 Å². The second kappa shape index (κ2) is 9.11. The van der Waals surface area contributed by atoms with Gasteiger partial charge in [0, 0.05) is 30.7 Å². The molecule has 4 aliphatic heterocycles. The van der Waals surface area contributed by atoms with Crippen LogP contribution >= 0.6 is 11.6 Å². The molecule has 1 N–H and O–H groups in total. The van der Waals surface area contributed by atoms with Crippen LogP contribution in [-0.2, 0) is 0 Å². The van der Waals surface area contributed by atoms with Crippen molar-refractivity contribution in [3.05, 3.63) is 22.7 Å². The molecule has 7 heteroatoms. The number of carbonyl (C=O) groups excluding carboxylic acids is 1. The number of nitrogens with zero attached hydrogens (tertiary/aromatic N) is 3. The Kier molecular flexibility index (Phi) is 6.52.